The molecule has 7 heteroatoms. The number of nitrogens with one attached hydrogen (secondary N) is 3. The molecule has 31 heavy (non-hydrogen) atoms. The Kier molecular flexibility index (Phi) is 5.36. The summed E-state index contributed by atoms with van der Waals surface area (Å²) in [7, 11) is 0. The first-order valence-electron chi connectivity index (χ1n) is 10.9. The number of para-hydroxylation sites is 1. The van der Waals surface area contributed by atoms with Gasteiger partial charge in [0, 0.05) is 41.4 Å². The largest absolute Gasteiger partial charge is 0.361 e. The minimum atomic E-state index is -0.0632. The summed E-state index contributed by atoms with van der Waals surface area (Å²) in [5.74, 6) is 1.23. The fraction of sp³-hybridized carbons (Fsp3) is 0.375. The zero-order valence-electron chi connectivity index (χ0n) is 17.6. The van der Waals surface area contributed by atoms with Gasteiger partial charge in [-0.05, 0) is 48.8 Å². The molecule has 0 saturated heterocycles. The van der Waals surface area contributed by atoms with Crippen LogP contribution in [0.25, 0.3) is 21.1 Å². The predicted octanol–water partition coefficient (Wildman–Crippen LogP) is 3.88. The second-order valence-corrected chi connectivity index (χ2v) is 9.59. The molecule has 1 aromatic carbocycles. The Labute approximate surface area is 184 Å². The number of nitrogens with zero attached hydrogens (tertiary/aromatic N) is 1. The van der Waals surface area contributed by atoms with Crippen molar-refractivity contribution >= 4 is 38.4 Å². The van der Waals surface area contributed by atoms with E-state index in [0.717, 1.165) is 41.4 Å². The molecule has 3 heterocycles. The molecule has 0 aliphatic heterocycles. The van der Waals surface area contributed by atoms with Crippen LogP contribution in [0, 0.1) is 5.92 Å². The van der Waals surface area contributed by atoms with Gasteiger partial charge in [0.05, 0.1) is 5.39 Å². The smallest absolute Gasteiger partial charge is 0.259 e. The Bertz CT molecular complexity index is 1320. The van der Waals surface area contributed by atoms with Crippen molar-refractivity contribution in [2.24, 2.45) is 5.92 Å². The Morgan fingerprint density at radius 1 is 1.29 bits per heavy atom. The minimum Gasteiger partial charge on any atom is -0.361 e. The third-order valence-corrected chi connectivity index (χ3v) is 7.34. The Morgan fingerprint density at radius 3 is 3.06 bits per heavy atom. The summed E-state index contributed by atoms with van der Waals surface area (Å²) < 4.78 is 0. The van der Waals surface area contributed by atoms with Gasteiger partial charge in [-0.15, -0.1) is 11.3 Å². The minimum absolute atomic E-state index is 0.0260. The first kappa shape index (κ1) is 20.0. The third kappa shape index (κ3) is 4.02. The summed E-state index contributed by atoms with van der Waals surface area (Å²) in [4.78, 5) is 38.0. The molecular weight excluding hydrogens is 408 g/mol. The summed E-state index contributed by atoms with van der Waals surface area (Å²) in [5, 5.41) is 4.94. The Hall–Kier alpha value is -2.93. The van der Waals surface area contributed by atoms with Crippen LogP contribution in [0.15, 0.2) is 35.3 Å². The van der Waals surface area contributed by atoms with Crippen molar-refractivity contribution in [3.05, 3.63) is 62.6 Å². The lowest BCUT2D eigenvalue weighted by Crippen LogP contribution is -2.26. The van der Waals surface area contributed by atoms with Crippen molar-refractivity contribution in [3.8, 4) is 0 Å². The number of aromatic amines is 2. The molecule has 1 unspecified atom stereocenters. The van der Waals surface area contributed by atoms with Crippen LogP contribution in [0.5, 0.6) is 0 Å². The predicted molar refractivity (Wildman–Crippen MR) is 125 cm³/mol. The van der Waals surface area contributed by atoms with Gasteiger partial charge in [0.2, 0.25) is 5.91 Å². The van der Waals surface area contributed by atoms with E-state index < -0.39 is 0 Å². The highest BCUT2D eigenvalue weighted by Gasteiger charge is 2.23. The molecule has 160 valence electrons. The number of hydrogen-bond donors (Lipinski definition) is 3. The zero-order valence-corrected chi connectivity index (χ0v) is 18.4. The molecule has 3 N–H and O–H groups in total. The van der Waals surface area contributed by atoms with Gasteiger partial charge in [-0.2, -0.15) is 0 Å². The zero-order chi connectivity index (χ0) is 21.4. The van der Waals surface area contributed by atoms with E-state index in [0.29, 0.717) is 31.1 Å². The molecule has 1 aliphatic rings. The number of hydrogen-bond acceptors (Lipinski definition) is 4. The number of rotatable bonds is 6. The van der Waals surface area contributed by atoms with Crippen LogP contribution in [0.1, 0.15) is 41.6 Å². The lowest BCUT2D eigenvalue weighted by molar-refractivity contribution is -0.121. The first-order valence-corrected chi connectivity index (χ1v) is 11.8. The van der Waals surface area contributed by atoms with Gasteiger partial charge in [-0.3, -0.25) is 9.59 Å². The van der Waals surface area contributed by atoms with E-state index in [2.05, 4.69) is 33.3 Å². The number of H-pyrrole nitrogens is 2. The van der Waals surface area contributed by atoms with Crippen LogP contribution in [-0.4, -0.2) is 27.4 Å². The summed E-state index contributed by atoms with van der Waals surface area (Å²) >= 11 is 1.64. The molecule has 0 saturated carbocycles. The van der Waals surface area contributed by atoms with Crippen molar-refractivity contribution in [1.29, 1.82) is 0 Å². The molecule has 3 aromatic heterocycles. The number of benzene rings is 1. The molecule has 6 nitrogen and oxygen atoms in total. The molecule has 0 fully saturated rings. The topological polar surface area (TPSA) is 90.6 Å². The van der Waals surface area contributed by atoms with E-state index in [9.17, 15) is 9.59 Å². The molecule has 0 radical (unpaired) electrons. The summed E-state index contributed by atoms with van der Waals surface area (Å²) in [6, 6.07) is 8.16. The molecule has 1 atom stereocenters. The maximum Gasteiger partial charge on any atom is 0.259 e. The normalized spacial score (nSPS) is 16.0. The van der Waals surface area contributed by atoms with Gasteiger partial charge in [0.1, 0.15) is 10.7 Å². The highest BCUT2D eigenvalue weighted by atomic mass is 32.1. The number of amides is 1. The van der Waals surface area contributed by atoms with Gasteiger partial charge >= 0.3 is 0 Å². The average molecular weight is 435 g/mol. The number of thiophene rings is 1. The fourth-order valence-corrected chi connectivity index (χ4v) is 5.91. The summed E-state index contributed by atoms with van der Waals surface area (Å²) in [6.45, 7) is 2.84. The maximum atomic E-state index is 12.7. The van der Waals surface area contributed by atoms with Gasteiger partial charge in [-0.25, -0.2) is 4.98 Å². The number of aromatic nitrogens is 3. The lowest BCUT2D eigenvalue weighted by Gasteiger charge is -2.17. The molecule has 0 spiro atoms. The molecule has 1 amide bonds. The van der Waals surface area contributed by atoms with Crippen LogP contribution < -0.4 is 10.9 Å². The highest BCUT2D eigenvalue weighted by molar-refractivity contribution is 7.18. The average Bonchev–Trinajstić information content (AvgIpc) is 3.33. The van der Waals surface area contributed by atoms with Crippen molar-refractivity contribution in [3.63, 3.8) is 0 Å². The standard InChI is InChI=1S/C24H26N4O2S/c1-14-6-7-17-19(12-14)31-24-22(17)23(30)27-20(28-24)8-9-21(29)25-11-10-15-13-26-18-5-3-2-4-16(15)18/h2-5,13-14,26H,6-12H2,1H3,(H,25,29)(H,27,28,30). The molecule has 4 aromatic rings. The van der Waals surface area contributed by atoms with E-state index >= 15 is 0 Å². The monoisotopic (exact) mass is 434 g/mol. The highest BCUT2D eigenvalue weighted by Crippen LogP contribution is 2.35. The van der Waals surface area contributed by atoms with Crippen molar-refractivity contribution in [2.75, 3.05) is 6.54 Å². The molecule has 1 aliphatic carbocycles. The van der Waals surface area contributed by atoms with Crippen molar-refractivity contribution < 1.29 is 4.79 Å². The van der Waals surface area contributed by atoms with Gasteiger partial charge in [0.15, 0.2) is 0 Å². The first-order chi connectivity index (χ1) is 15.1. The SMILES string of the molecule is CC1CCc2c(sc3nc(CCC(=O)NCCc4c[nH]c5ccccc45)[nH]c(=O)c23)C1. The Balaban J connectivity index is 1.19. The molecular formula is C24H26N4O2S. The van der Waals surface area contributed by atoms with Crippen molar-refractivity contribution in [1.82, 2.24) is 20.3 Å². The second kappa shape index (κ2) is 8.30. The van der Waals surface area contributed by atoms with E-state index in [1.54, 1.807) is 11.3 Å². The van der Waals surface area contributed by atoms with Crippen molar-refractivity contribution in [2.45, 2.75) is 45.4 Å². The maximum absolute atomic E-state index is 12.7. The van der Waals surface area contributed by atoms with E-state index in [-0.39, 0.29) is 11.5 Å². The second-order valence-electron chi connectivity index (χ2n) is 8.50. The van der Waals surface area contributed by atoms with E-state index in [4.69, 9.17) is 0 Å². The van der Waals surface area contributed by atoms with E-state index in [1.165, 1.54) is 21.4 Å². The number of aryl methyl sites for hydroxylation is 2. The lowest BCUT2D eigenvalue weighted by atomic mass is 9.89. The van der Waals surface area contributed by atoms with Gasteiger partial charge < -0.3 is 15.3 Å². The molecule has 5 rings (SSSR count). The van der Waals surface area contributed by atoms with Gasteiger partial charge in [-0.1, -0.05) is 25.1 Å². The number of fused-ring (bicyclic) bond motifs is 4. The quantitative estimate of drug-likeness (QED) is 0.430. The van der Waals surface area contributed by atoms with Crippen LogP contribution in [-0.2, 0) is 30.5 Å². The number of carbonyl (C=O) groups excluding carboxylic acids is 1. The molecule has 0 bridgehead atoms. The summed E-state index contributed by atoms with van der Waals surface area (Å²) in [5.41, 5.74) is 3.43. The Morgan fingerprint density at radius 2 is 2.16 bits per heavy atom. The van der Waals surface area contributed by atoms with Crippen LogP contribution in [0.2, 0.25) is 0 Å². The summed E-state index contributed by atoms with van der Waals surface area (Å²) in [6.07, 6.45) is 6.63. The van der Waals surface area contributed by atoms with Crippen LogP contribution in [0.3, 0.4) is 0 Å². The third-order valence-electron chi connectivity index (χ3n) is 6.19. The van der Waals surface area contributed by atoms with E-state index in [1.807, 2.05) is 24.4 Å². The van der Waals surface area contributed by atoms with Gasteiger partial charge in [0.25, 0.3) is 5.56 Å². The van der Waals surface area contributed by atoms with Crippen LogP contribution in [0.4, 0.5) is 0 Å². The number of carbonyl (C=O) groups is 1. The van der Waals surface area contributed by atoms with Crippen LogP contribution >= 0.6 is 11.3 Å². The fourth-order valence-electron chi connectivity index (χ4n) is 4.51.